The van der Waals surface area contributed by atoms with Gasteiger partial charge < -0.3 is 24.8 Å². The predicted octanol–water partition coefficient (Wildman–Crippen LogP) is 3.71. The number of anilines is 2. The molecule has 0 aromatic heterocycles. The van der Waals surface area contributed by atoms with Crippen molar-refractivity contribution in [1.82, 2.24) is 14.7 Å². The van der Waals surface area contributed by atoms with Gasteiger partial charge in [-0.05, 0) is 81.6 Å². The summed E-state index contributed by atoms with van der Waals surface area (Å²) < 4.78 is 5.46. The molecule has 0 radical (unpaired) electrons. The number of carbonyl (C=O) groups is 2. The summed E-state index contributed by atoms with van der Waals surface area (Å²) in [4.78, 5) is 34.8. The number of carbonyl (C=O) groups excluding carboxylic acids is 2. The maximum absolute atomic E-state index is 13.6. The lowest BCUT2D eigenvalue weighted by molar-refractivity contribution is -0.124. The molecule has 0 spiro atoms. The number of rotatable bonds is 10. The number of likely N-dealkylation sites (N-methyl/N-ethyl adjacent to an activating group) is 1. The molecule has 2 saturated heterocycles. The summed E-state index contributed by atoms with van der Waals surface area (Å²) in [5.41, 5.74) is 1.26. The van der Waals surface area contributed by atoms with Gasteiger partial charge in [-0.3, -0.25) is 14.5 Å². The molecule has 0 bridgehead atoms. The van der Waals surface area contributed by atoms with E-state index in [9.17, 15) is 9.59 Å². The summed E-state index contributed by atoms with van der Waals surface area (Å²) in [6.07, 6.45) is 0.843. The highest BCUT2D eigenvalue weighted by Crippen LogP contribution is 2.29. The van der Waals surface area contributed by atoms with Gasteiger partial charge in [0, 0.05) is 43.4 Å². The number of amides is 2. The molecular weight excluding hydrogens is 510 g/mol. The second-order valence-electron chi connectivity index (χ2n) is 9.35. The largest absolute Gasteiger partial charge is 0.494 e. The molecule has 1 N–H and O–H groups in total. The molecule has 0 saturated carbocycles. The number of halogens is 1. The first-order valence-electron chi connectivity index (χ1n) is 12.7. The van der Waals surface area contributed by atoms with Gasteiger partial charge in [-0.15, -0.1) is 0 Å². The molecule has 2 heterocycles. The van der Waals surface area contributed by atoms with Gasteiger partial charge in [0.25, 0.3) is 5.91 Å². The Morgan fingerprint density at radius 2 is 1.84 bits per heavy atom. The number of ether oxygens (including phenoxy) is 1. The fraction of sp³-hybridized carbons (Fsp3) is 0.444. The summed E-state index contributed by atoms with van der Waals surface area (Å²) in [5.74, 6) is 0.275. The zero-order valence-electron chi connectivity index (χ0n) is 21.4. The van der Waals surface area contributed by atoms with Crippen molar-refractivity contribution in [1.29, 1.82) is 0 Å². The molecule has 198 valence electrons. The number of thiocarbonyl (C=S) groups is 1. The smallest absolute Gasteiger partial charge is 0.256 e. The topological polar surface area (TPSA) is 68.4 Å². The first-order chi connectivity index (χ1) is 17.9. The van der Waals surface area contributed by atoms with Gasteiger partial charge >= 0.3 is 0 Å². The minimum absolute atomic E-state index is 0.00222. The Morgan fingerprint density at radius 3 is 2.51 bits per heavy atom. The third-order valence-corrected chi connectivity index (χ3v) is 7.33. The van der Waals surface area contributed by atoms with Crippen LogP contribution in [0.5, 0.6) is 5.75 Å². The SMILES string of the molecule is CCOc1ccc(NC(=O)C[C@@H]2C(=O)N(c3cccc(Cl)c3)C(=S)N2CCCN2CCN(C)CC2)cc1. The van der Waals surface area contributed by atoms with E-state index in [-0.39, 0.29) is 18.2 Å². The zero-order chi connectivity index (χ0) is 26.4. The maximum Gasteiger partial charge on any atom is 0.256 e. The molecule has 8 nitrogen and oxygen atoms in total. The number of hydrogen-bond acceptors (Lipinski definition) is 6. The lowest BCUT2D eigenvalue weighted by atomic mass is 10.1. The van der Waals surface area contributed by atoms with Crippen molar-refractivity contribution in [3.8, 4) is 5.75 Å². The molecule has 2 fully saturated rings. The van der Waals surface area contributed by atoms with Gasteiger partial charge in [-0.2, -0.15) is 0 Å². The molecule has 0 aliphatic carbocycles. The molecule has 1 atom stereocenters. The minimum Gasteiger partial charge on any atom is -0.494 e. The summed E-state index contributed by atoms with van der Waals surface area (Å²) in [6.45, 7) is 8.17. The molecule has 2 aliphatic heterocycles. The van der Waals surface area contributed by atoms with Crippen molar-refractivity contribution in [2.45, 2.75) is 25.8 Å². The van der Waals surface area contributed by atoms with Gasteiger partial charge in [0.1, 0.15) is 11.8 Å². The van der Waals surface area contributed by atoms with Crippen LogP contribution >= 0.6 is 23.8 Å². The Morgan fingerprint density at radius 1 is 1.11 bits per heavy atom. The van der Waals surface area contributed by atoms with E-state index in [1.807, 2.05) is 11.8 Å². The second kappa shape index (κ2) is 12.7. The minimum atomic E-state index is -0.679. The predicted molar refractivity (Wildman–Crippen MR) is 151 cm³/mol. The van der Waals surface area contributed by atoms with Crippen molar-refractivity contribution in [2.24, 2.45) is 0 Å². The van der Waals surface area contributed by atoms with E-state index >= 15 is 0 Å². The van der Waals surface area contributed by atoms with E-state index in [1.165, 1.54) is 4.90 Å². The molecule has 4 rings (SSSR count). The number of benzene rings is 2. The number of nitrogens with zero attached hydrogens (tertiary/aromatic N) is 4. The van der Waals surface area contributed by atoms with Crippen LogP contribution in [0.2, 0.25) is 5.02 Å². The lowest BCUT2D eigenvalue weighted by Gasteiger charge is -2.33. The number of hydrogen-bond donors (Lipinski definition) is 1. The third kappa shape index (κ3) is 6.98. The van der Waals surface area contributed by atoms with Crippen LogP contribution in [0.4, 0.5) is 11.4 Å². The molecule has 2 aliphatic rings. The highest BCUT2D eigenvalue weighted by atomic mass is 35.5. The number of nitrogens with one attached hydrogen (secondary N) is 1. The first kappa shape index (κ1) is 27.3. The van der Waals surface area contributed by atoms with E-state index in [0.717, 1.165) is 44.9 Å². The monoisotopic (exact) mass is 543 g/mol. The zero-order valence-corrected chi connectivity index (χ0v) is 22.9. The standard InChI is InChI=1S/C27H34ClN5O3S/c1-3-36-23-10-8-21(9-11-23)29-25(34)19-24-26(35)33(22-7-4-6-20(28)18-22)27(37)32(24)13-5-12-31-16-14-30(2)15-17-31/h4,6-11,18,24H,3,5,12-17,19H2,1-2H3,(H,29,34)/t24-/m1/s1. The van der Waals surface area contributed by atoms with Crippen molar-refractivity contribution in [2.75, 3.05) is 63.1 Å². The van der Waals surface area contributed by atoms with Crippen LogP contribution < -0.4 is 15.0 Å². The van der Waals surface area contributed by atoms with Crippen LogP contribution in [0.25, 0.3) is 0 Å². The van der Waals surface area contributed by atoms with Crippen LogP contribution in [0.1, 0.15) is 19.8 Å². The van der Waals surface area contributed by atoms with Crippen LogP contribution in [-0.4, -0.2) is 90.6 Å². The second-order valence-corrected chi connectivity index (χ2v) is 10.2. The normalized spacial score (nSPS) is 18.9. The molecular formula is C27H34ClN5O3S. The average molecular weight is 544 g/mol. The van der Waals surface area contributed by atoms with Crippen LogP contribution in [0.3, 0.4) is 0 Å². The Bertz CT molecular complexity index is 1110. The molecule has 10 heteroatoms. The summed E-state index contributed by atoms with van der Waals surface area (Å²) in [6, 6.07) is 13.6. The van der Waals surface area contributed by atoms with E-state index in [2.05, 4.69) is 22.2 Å². The van der Waals surface area contributed by atoms with Gasteiger partial charge in [0.05, 0.1) is 18.7 Å². The van der Waals surface area contributed by atoms with Gasteiger partial charge in [0.2, 0.25) is 5.91 Å². The number of piperazine rings is 1. The van der Waals surface area contributed by atoms with Crippen LogP contribution in [-0.2, 0) is 9.59 Å². The molecule has 0 unspecified atom stereocenters. The van der Waals surface area contributed by atoms with Gasteiger partial charge in [-0.1, -0.05) is 17.7 Å². The Kier molecular flexibility index (Phi) is 9.37. The molecule has 37 heavy (non-hydrogen) atoms. The van der Waals surface area contributed by atoms with Crippen molar-refractivity contribution in [3.63, 3.8) is 0 Å². The highest BCUT2D eigenvalue weighted by molar-refractivity contribution is 7.80. The van der Waals surface area contributed by atoms with E-state index in [0.29, 0.717) is 34.7 Å². The summed E-state index contributed by atoms with van der Waals surface area (Å²) in [5, 5.41) is 3.83. The highest BCUT2D eigenvalue weighted by Gasteiger charge is 2.44. The fourth-order valence-corrected chi connectivity index (χ4v) is 5.26. The lowest BCUT2D eigenvalue weighted by Crippen LogP contribution is -2.45. The fourth-order valence-electron chi connectivity index (χ4n) is 4.67. The molecule has 2 aromatic rings. The van der Waals surface area contributed by atoms with Crippen molar-refractivity contribution in [3.05, 3.63) is 53.6 Å². The van der Waals surface area contributed by atoms with E-state index in [4.69, 9.17) is 28.6 Å². The van der Waals surface area contributed by atoms with Gasteiger partial charge in [0.15, 0.2) is 5.11 Å². The van der Waals surface area contributed by atoms with Crippen LogP contribution in [0, 0.1) is 0 Å². The quantitative estimate of drug-likeness (QED) is 0.458. The third-order valence-electron chi connectivity index (χ3n) is 6.68. The first-order valence-corrected chi connectivity index (χ1v) is 13.5. The van der Waals surface area contributed by atoms with E-state index < -0.39 is 6.04 Å². The van der Waals surface area contributed by atoms with Gasteiger partial charge in [-0.25, -0.2) is 0 Å². The average Bonchev–Trinajstić information content (AvgIpc) is 3.10. The molecule has 2 amide bonds. The Labute approximate surface area is 229 Å². The Balaban J connectivity index is 1.45. The van der Waals surface area contributed by atoms with Crippen molar-refractivity contribution < 1.29 is 14.3 Å². The van der Waals surface area contributed by atoms with E-state index in [1.54, 1.807) is 48.5 Å². The van der Waals surface area contributed by atoms with Crippen molar-refractivity contribution >= 4 is 52.1 Å². The Hall–Kier alpha value is -2.72. The summed E-state index contributed by atoms with van der Waals surface area (Å²) in [7, 11) is 2.14. The maximum atomic E-state index is 13.6. The summed E-state index contributed by atoms with van der Waals surface area (Å²) >= 11 is 12.0. The van der Waals surface area contributed by atoms with Crippen LogP contribution in [0.15, 0.2) is 48.5 Å². The molecule has 2 aromatic carbocycles.